The van der Waals surface area contributed by atoms with E-state index in [0.717, 1.165) is 45.8 Å². The van der Waals surface area contributed by atoms with Crippen LogP contribution in [0.1, 0.15) is 19.8 Å². The molecule has 1 aliphatic heterocycles. The Kier molecular flexibility index (Phi) is 5.56. The van der Waals surface area contributed by atoms with Crippen LogP contribution in [0.25, 0.3) is 0 Å². The van der Waals surface area contributed by atoms with Crippen molar-refractivity contribution in [3.8, 4) is 0 Å². The zero-order valence-corrected chi connectivity index (χ0v) is 8.92. The molecule has 1 N–H and O–H groups in total. The Balaban J connectivity index is 2.03. The van der Waals surface area contributed by atoms with Gasteiger partial charge in [0.05, 0.1) is 13.2 Å². The van der Waals surface area contributed by atoms with Crippen molar-refractivity contribution in [3.05, 3.63) is 0 Å². The summed E-state index contributed by atoms with van der Waals surface area (Å²) in [5.74, 6) is 0.165. The number of carbonyl (C=O) groups is 1. The smallest absolute Gasteiger partial charge is 0.221 e. The largest absolute Gasteiger partial charge is 0.379 e. The van der Waals surface area contributed by atoms with E-state index in [9.17, 15) is 4.79 Å². The van der Waals surface area contributed by atoms with Gasteiger partial charge in [-0.1, -0.05) is 6.92 Å². The molecule has 1 heterocycles. The third-order valence-electron chi connectivity index (χ3n) is 2.33. The monoisotopic (exact) mass is 200 g/mol. The zero-order valence-electron chi connectivity index (χ0n) is 8.92. The van der Waals surface area contributed by atoms with E-state index in [1.54, 1.807) is 0 Å². The maximum absolute atomic E-state index is 11.3. The highest BCUT2D eigenvalue weighted by molar-refractivity contribution is 5.75. The van der Waals surface area contributed by atoms with E-state index in [-0.39, 0.29) is 5.91 Å². The number of morpholine rings is 1. The van der Waals surface area contributed by atoms with Gasteiger partial charge < -0.3 is 10.1 Å². The lowest BCUT2D eigenvalue weighted by Gasteiger charge is -2.26. The summed E-state index contributed by atoms with van der Waals surface area (Å²) < 4.78 is 5.23. The van der Waals surface area contributed by atoms with Gasteiger partial charge in [-0.15, -0.1) is 0 Å². The summed E-state index contributed by atoms with van der Waals surface area (Å²) in [5.41, 5.74) is 0. The van der Waals surface area contributed by atoms with Crippen molar-refractivity contribution in [1.29, 1.82) is 0 Å². The fourth-order valence-electron chi connectivity index (χ4n) is 1.44. The molecule has 82 valence electrons. The molecule has 0 atom stereocenters. The molecule has 1 saturated heterocycles. The molecule has 4 nitrogen and oxygen atoms in total. The number of nitrogens with zero attached hydrogens (tertiary/aromatic N) is 1. The van der Waals surface area contributed by atoms with Gasteiger partial charge in [-0.05, 0) is 6.42 Å². The summed E-state index contributed by atoms with van der Waals surface area (Å²) in [4.78, 5) is 13.5. The average Bonchev–Trinajstić information content (AvgIpc) is 2.25. The Hall–Kier alpha value is -0.610. The summed E-state index contributed by atoms with van der Waals surface area (Å²) in [6, 6.07) is 0. The second-order valence-corrected chi connectivity index (χ2v) is 3.55. The highest BCUT2D eigenvalue weighted by Crippen LogP contribution is 1.97. The van der Waals surface area contributed by atoms with Crippen molar-refractivity contribution in [3.63, 3.8) is 0 Å². The first-order valence-corrected chi connectivity index (χ1v) is 5.39. The molecular weight excluding hydrogens is 180 g/mol. The second-order valence-electron chi connectivity index (χ2n) is 3.55. The minimum atomic E-state index is 0.165. The molecule has 0 spiro atoms. The summed E-state index contributed by atoms with van der Waals surface area (Å²) in [5, 5.41) is 2.88. The van der Waals surface area contributed by atoms with Gasteiger partial charge >= 0.3 is 0 Å². The Morgan fingerprint density at radius 2 is 2.14 bits per heavy atom. The van der Waals surface area contributed by atoms with Crippen molar-refractivity contribution < 1.29 is 9.53 Å². The lowest BCUT2D eigenvalue weighted by molar-refractivity contribution is -0.121. The van der Waals surface area contributed by atoms with Crippen molar-refractivity contribution >= 4 is 5.91 Å². The third-order valence-corrected chi connectivity index (χ3v) is 2.33. The number of ether oxygens (including phenoxy) is 1. The molecule has 0 bridgehead atoms. The summed E-state index contributed by atoms with van der Waals surface area (Å²) in [6.45, 7) is 7.23. The fourth-order valence-corrected chi connectivity index (χ4v) is 1.44. The lowest BCUT2D eigenvalue weighted by atomic mass is 10.3. The number of hydrogen-bond acceptors (Lipinski definition) is 3. The number of hydrogen-bond donors (Lipinski definition) is 1. The third kappa shape index (κ3) is 4.58. The molecular formula is C10H20N2O2. The Morgan fingerprint density at radius 3 is 2.79 bits per heavy atom. The van der Waals surface area contributed by atoms with Gasteiger partial charge in [-0.3, -0.25) is 9.69 Å². The van der Waals surface area contributed by atoms with Crippen LogP contribution in [0.15, 0.2) is 0 Å². The van der Waals surface area contributed by atoms with Crippen molar-refractivity contribution in [2.75, 3.05) is 39.4 Å². The fraction of sp³-hybridized carbons (Fsp3) is 0.900. The number of carbonyl (C=O) groups excluding carboxylic acids is 1. The molecule has 0 aliphatic carbocycles. The zero-order chi connectivity index (χ0) is 10.2. The van der Waals surface area contributed by atoms with Crippen LogP contribution in [-0.2, 0) is 9.53 Å². The minimum absolute atomic E-state index is 0.165. The molecule has 1 fully saturated rings. The van der Waals surface area contributed by atoms with Gasteiger partial charge in [0.15, 0.2) is 0 Å². The van der Waals surface area contributed by atoms with Gasteiger partial charge in [0.25, 0.3) is 0 Å². The predicted octanol–water partition coefficient (Wildman–Crippen LogP) is 0.235. The van der Waals surface area contributed by atoms with Crippen LogP contribution < -0.4 is 5.32 Å². The molecule has 0 saturated carbocycles. The molecule has 0 aromatic rings. The van der Waals surface area contributed by atoms with Crippen LogP contribution in [0.4, 0.5) is 0 Å². The average molecular weight is 200 g/mol. The van der Waals surface area contributed by atoms with Crippen LogP contribution in [0.3, 0.4) is 0 Å². The Labute approximate surface area is 85.6 Å². The van der Waals surface area contributed by atoms with E-state index < -0.39 is 0 Å². The summed E-state index contributed by atoms with van der Waals surface area (Å²) in [7, 11) is 0. The quantitative estimate of drug-likeness (QED) is 0.691. The number of nitrogens with one attached hydrogen (secondary N) is 1. The Morgan fingerprint density at radius 1 is 1.43 bits per heavy atom. The molecule has 0 radical (unpaired) electrons. The second kappa shape index (κ2) is 6.79. The van der Waals surface area contributed by atoms with Crippen LogP contribution in [0.2, 0.25) is 0 Å². The van der Waals surface area contributed by atoms with Gasteiger partial charge in [-0.2, -0.15) is 0 Å². The van der Waals surface area contributed by atoms with Crippen LogP contribution in [0, 0.1) is 0 Å². The van der Waals surface area contributed by atoms with Crippen LogP contribution >= 0.6 is 0 Å². The molecule has 1 amide bonds. The van der Waals surface area contributed by atoms with E-state index in [1.807, 2.05) is 0 Å². The maximum atomic E-state index is 11.3. The number of amides is 1. The summed E-state index contributed by atoms with van der Waals surface area (Å²) >= 11 is 0. The molecule has 14 heavy (non-hydrogen) atoms. The molecule has 0 aromatic carbocycles. The molecule has 1 aliphatic rings. The van der Waals surface area contributed by atoms with E-state index >= 15 is 0 Å². The highest BCUT2D eigenvalue weighted by Gasteiger charge is 2.11. The standard InChI is InChI=1S/C10H20N2O2/c1-2-4-11-10(13)3-5-12-6-8-14-9-7-12/h2-9H2,1H3,(H,11,13). The van der Waals surface area contributed by atoms with Gasteiger partial charge in [0.2, 0.25) is 5.91 Å². The SMILES string of the molecule is CCCNC(=O)CCN1CCOCC1. The van der Waals surface area contributed by atoms with Gasteiger partial charge in [-0.25, -0.2) is 0 Å². The molecule has 0 unspecified atom stereocenters. The van der Waals surface area contributed by atoms with Crippen LogP contribution in [-0.4, -0.2) is 50.2 Å². The first kappa shape index (κ1) is 11.5. The lowest BCUT2D eigenvalue weighted by Crippen LogP contribution is -2.38. The van der Waals surface area contributed by atoms with E-state index in [1.165, 1.54) is 0 Å². The van der Waals surface area contributed by atoms with E-state index in [2.05, 4.69) is 17.1 Å². The molecule has 4 heteroatoms. The first-order valence-electron chi connectivity index (χ1n) is 5.39. The van der Waals surface area contributed by atoms with E-state index in [4.69, 9.17) is 4.74 Å². The van der Waals surface area contributed by atoms with E-state index in [0.29, 0.717) is 6.42 Å². The Bertz CT molecular complexity index is 168. The van der Waals surface area contributed by atoms with Crippen molar-refractivity contribution in [2.24, 2.45) is 0 Å². The topological polar surface area (TPSA) is 41.6 Å². The maximum Gasteiger partial charge on any atom is 0.221 e. The van der Waals surface area contributed by atoms with Gasteiger partial charge in [0, 0.05) is 32.6 Å². The van der Waals surface area contributed by atoms with Crippen LogP contribution in [0.5, 0.6) is 0 Å². The molecule has 1 rings (SSSR count). The first-order chi connectivity index (χ1) is 6.83. The predicted molar refractivity (Wildman–Crippen MR) is 55.2 cm³/mol. The summed E-state index contributed by atoms with van der Waals surface area (Å²) in [6.07, 6.45) is 1.61. The number of rotatable bonds is 5. The van der Waals surface area contributed by atoms with Crippen molar-refractivity contribution in [2.45, 2.75) is 19.8 Å². The molecule has 0 aromatic heterocycles. The highest BCUT2D eigenvalue weighted by atomic mass is 16.5. The minimum Gasteiger partial charge on any atom is -0.379 e. The van der Waals surface area contributed by atoms with Crippen molar-refractivity contribution in [1.82, 2.24) is 10.2 Å². The normalized spacial score (nSPS) is 18.1. The van der Waals surface area contributed by atoms with Gasteiger partial charge in [0.1, 0.15) is 0 Å².